The smallest absolute Gasteiger partial charge is 0.258 e. The van der Waals surface area contributed by atoms with Crippen molar-refractivity contribution in [2.24, 2.45) is 0 Å². The number of benzene rings is 1. The van der Waals surface area contributed by atoms with E-state index in [1.54, 1.807) is 6.07 Å². The second-order valence-corrected chi connectivity index (χ2v) is 4.50. The number of halogens is 1. The molecule has 0 radical (unpaired) electrons. The van der Waals surface area contributed by atoms with Crippen molar-refractivity contribution in [3.63, 3.8) is 0 Å². The van der Waals surface area contributed by atoms with Crippen LogP contribution in [-0.4, -0.2) is 29.9 Å². The van der Waals surface area contributed by atoms with Gasteiger partial charge in [0.1, 0.15) is 5.82 Å². The molecule has 1 atom stereocenters. The molecule has 19 heavy (non-hydrogen) atoms. The fraction of sp³-hybridized carbons (Fsp3) is 0.385. The van der Waals surface area contributed by atoms with Crippen LogP contribution >= 0.6 is 0 Å². The number of nitrogens with zero attached hydrogens (tertiary/aromatic N) is 2. The van der Waals surface area contributed by atoms with Gasteiger partial charge in [-0.25, -0.2) is 4.39 Å². The molecule has 0 spiro atoms. The molecule has 1 aromatic carbocycles. The van der Waals surface area contributed by atoms with Crippen LogP contribution in [0, 0.1) is 12.7 Å². The van der Waals surface area contributed by atoms with E-state index >= 15 is 0 Å². The highest BCUT2D eigenvalue weighted by Gasteiger charge is 2.22. The normalized spacial score (nSPS) is 19.6. The van der Waals surface area contributed by atoms with Crippen LogP contribution in [0.25, 0.3) is 11.5 Å². The maximum atomic E-state index is 13.3. The van der Waals surface area contributed by atoms with E-state index in [0.717, 1.165) is 12.1 Å². The van der Waals surface area contributed by atoms with Gasteiger partial charge in [-0.15, -0.1) is 0 Å². The molecule has 2 aromatic rings. The predicted molar refractivity (Wildman–Crippen MR) is 66.0 cm³/mol. The van der Waals surface area contributed by atoms with E-state index in [1.807, 2.05) is 6.92 Å². The van der Waals surface area contributed by atoms with Crippen molar-refractivity contribution < 1.29 is 13.7 Å². The van der Waals surface area contributed by atoms with E-state index < -0.39 is 0 Å². The molecule has 1 N–H and O–H groups in total. The van der Waals surface area contributed by atoms with Gasteiger partial charge in [-0.2, -0.15) is 4.98 Å². The minimum atomic E-state index is -0.320. The molecule has 1 fully saturated rings. The number of rotatable bonds is 2. The molecule has 0 saturated carbocycles. The summed E-state index contributed by atoms with van der Waals surface area (Å²) in [7, 11) is 0. The molecule has 1 aromatic heterocycles. The zero-order chi connectivity index (χ0) is 13.2. The second-order valence-electron chi connectivity index (χ2n) is 4.50. The average Bonchev–Trinajstić information content (AvgIpc) is 2.92. The summed E-state index contributed by atoms with van der Waals surface area (Å²) in [5.41, 5.74) is 1.51. The van der Waals surface area contributed by atoms with E-state index in [1.165, 1.54) is 12.1 Å². The van der Waals surface area contributed by atoms with Crippen molar-refractivity contribution >= 4 is 0 Å². The van der Waals surface area contributed by atoms with Gasteiger partial charge in [0.2, 0.25) is 0 Å². The molecule has 1 aliphatic rings. The first-order valence-corrected chi connectivity index (χ1v) is 6.15. The molecule has 1 saturated heterocycles. The van der Waals surface area contributed by atoms with Gasteiger partial charge in [0.25, 0.3) is 5.89 Å². The lowest BCUT2D eigenvalue weighted by atomic mass is 10.1. The summed E-state index contributed by atoms with van der Waals surface area (Å²) < 4.78 is 23.8. The third-order valence-corrected chi connectivity index (χ3v) is 3.11. The fourth-order valence-corrected chi connectivity index (χ4v) is 2.04. The van der Waals surface area contributed by atoms with Gasteiger partial charge in [0.05, 0.1) is 19.3 Å². The van der Waals surface area contributed by atoms with Crippen LogP contribution < -0.4 is 5.32 Å². The third-order valence-electron chi connectivity index (χ3n) is 3.11. The second kappa shape index (κ2) is 5.07. The van der Waals surface area contributed by atoms with Crippen LogP contribution in [0.15, 0.2) is 22.7 Å². The Labute approximate surface area is 109 Å². The van der Waals surface area contributed by atoms with Crippen molar-refractivity contribution in [2.75, 3.05) is 19.8 Å². The summed E-state index contributed by atoms with van der Waals surface area (Å²) in [5.74, 6) is 0.553. The van der Waals surface area contributed by atoms with Crippen molar-refractivity contribution in [3.8, 4) is 11.5 Å². The first-order chi connectivity index (χ1) is 9.24. The lowest BCUT2D eigenvalue weighted by molar-refractivity contribution is 0.0734. The highest BCUT2D eigenvalue weighted by atomic mass is 19.1. The molecule has 0 bridgehead atoms. The molecular weight excluding hydrogens is 249 g/mol. The van der Waals surface area contributed by atoms with Crippen molar-refractivity contribution in [2.45, 2.75) is 13.0 Å². The van der Waals surface area contributed by atoms with E-state index in [2.05, 4.69) is 15.5 Å². The lowest BCUT2D eigenvalue weighted by Crippen LogP contribution is -2.35. The highest BCUT2D eigenvalue weighted by Crippen LogP contribution is 2.24. The van der Waals surface area contributed by atoms with Crippen molar-refractivity contribution in [3.05, 3.63) is 35.4 Å². The Morgan fingerprint density at radius 2 is 2.32 bits per heavy atom. The molecule has 5 nitrogen and oxygen atoms in total. The molecule has 6 heteroatoms. The van der Waals surface area contributed by atoms with Gasteiger partial charge >= 0.3 is 0 Å². The Kier molecular flexibility index (Phi) is 3.27. The predicted octanol–water partition coefficient (Wildman–Crippen LogP) is 1.85. The van der Waals surface area contributed by atoms with Crippen LogP contribution in [0.3, 0.4) is 0 Å². The van der Waals surface area contributed by atoms with E-state index in [-0.39, 0.29) is 11.9 Å². The zero-order valence-corrected chi connectivity index (χ0v) is 10.5. The SMILES string of the molecule is Cc1ccc(F)cc1-c1nc(C2COCCN2)no1. The minimum Gasteiger partial charge on any atom is -0.378 e. The van der Waals surface area contributed by atoms with Crippen LogP contribution in [0.5, 0.6) is 0 Å². The van der Waals surface area contributed by atoms with E-state index in [0.29, 0.717) is 30.5 Å². The summed E-state index contributed by atoms with van der Waals surface area (Å²) in [6, 6.07) is 4.43. The summed E-state index contributed by atoms with van der Waals surface area (Å²) in [5, 5.41) is 7.18. The van der Waals surface area contributed by atoms with Crippen LogP contribution in [-0.2, 0) is 4.74 Å². The zero-order valence-electron chi connectivity index (χ0n) is 10.5. The standard InChI is InChI=1S/C13H14FN3O2/c1-8-2-3-9(14)6-10(8)13-16-12(17-19-13)11-7-18-5-4-15-11/h2-3,6,11,15H,4-5,7H2,1H3. The number of nitrogens with one attached hydrogen (secondary N) is 1. The summed E-state index contributed by atoms with van der Waals surface area (Å²) >= 11 is 0. The van der Waals surface area contributed by atoms with Crippen LogP contribution in [0.1, 0.15) is 17.4 Å². The highest BCUT2D eigenvalue weighted by molar-refractivity contribution is 5.58. The quantitative estimate of drug-likeness (QED) is 0.896. The van der Waals surface area contributed by atoms with Crippen LogP contribution in [0.2, 0.25) is 0 Å². The van der Waals surface area contributed by atoms with E-state index in [9.17, 15) is 4.39 Å². The van der Waals surface area contributed by atoms with Gasteiger partial charge in [-0.1, -0.05) is 11.2 Å². The largest absolute Gasteiger partial charge is 0.378 e. The van der Waals surface area contributed by atoms with Gasteiger partial charge in [-0.3, -0.25) is 0 Å². The molecule has 2 heterocycles. The molecular formula is C13H14FN3O2. The number of aryl methyl sites for hydroxylation is 1. The molecule has 1 unspecified atom stereocenters. The maximum absolute atomic E-state index is 13.3. The van der Waals surface area contributed by atoms with Gasteiger partial charge < -0.3 is 14.6 Å². The Morgan fingerprint density at radius 3 is 3.11 bits per heavy atom. The van der Waals surface area contributed by atoms with Crippen LogP contribution in [0.4, 0.5) is 4.39 Å². The first-order valence-electron chi connectivity index (χ1n) is 6.15. The number of hydrogen-bond acceptors (Lipinski definition) is 5. The van der Waals surface area contributed by atoms with Gasteiger partial charge in [0.15, 0.2) is 5.82 Å². The van der Waals surface area contributed by atoms with Crippen molar-refractivity contribution in [1.29, 1.82) is 0 Å². The topological polar surface area (TPSA) is 60.2 Å². The molecule has 1 aliphatic heterocycles. The van der Waals surface area contributed by atoms with Gasteiger partial charge in [0, 0.05) is 12.1 Å². The maximum Gasteiger partial charge on any atom is 0.258 e. The number of aromatic nitrogens is 2. The number of ether oxygens (including phenoxy) is 1. The fourth-order valence-electron chi connectivity index (χ4n) is 2.04. The molecule has 3 rings (SSSR count). The monoisotopic (exact) mass is 263 g/mol. The third kappa shape index (κ3) is 2.50. The Hall–Kier alpha value is -1.79. The molecule has 0 aliphatic carbocycles. The summed E-state index contributed by atoms with van der Waals surface area (Å²) in [4.78, 5) is 4.32. The first kappa shape index (κ1) is 12.3. The number of hydrogen-bond donors (Lipinski definition) is 1. The molecule has 100 valence electrons. The Bertz CT molecular complexity index is 579. The van der Waals surface area contributed by atoms with E-state index in [4.69, 9.17) is 9.26 Å². The summed E-state index contributed by atoms with van der Waals surface area (Å²) in [6.45, 7) is 3.83. The van der Waals surface area contributed by atoms with Crippen molar-refractivity contribution in [1.82, 2.24) is 15.5 Å². The minimum absolute atomic E-state index is 0.0693. The van der Waals surface area contributed by atoms with Gasteiger partial charge in [-0.05, 0) is 24.6 Å². The lowest BCUT2D eigenvalue weighted by Gasteiger charge is -2.20. The average molecular weight is 263 g/mol. The Balaban J connectivity index is 1.89. The summed E-state index contributed by atoms with van der Waals surface area (Å²) in [6.07, 6.45) is 0. The Morgan fingerprint density at radius 1 is 1.42 bits per heavy atom. The number of morpholine rings is 1. The molecule has 0 amide bonds.